The third-order valence-corrected chi connectivity index (χ3v) is 6.41. The Morgan fingerprint density at radius 2 is 1.85 bits per heavy atom. The zero-order chi connectivity index (χ0) is 17.9. The molecule has 2 bridgehead atoms. The topological polar surface area (TPSA) is 56.1 Å². The third kappa shape index (κ3) is 3.62. The van der Waals surface area contributed by atoms with Crippen molar-refractivity contribution in [3.05, 3.63) is 59.7 Å². The highest BCUT2D eigenvalue weighted by molar-refractivity contribution is 7.99. The molecule has 2 aromatic rings. The van der Waals surface area contributed by atoms with Crippen molar-refractivity contribution in [3.8, 4) is 6.07 Å². The second-order valence-corrected chi connectivity index (χ2v) is 8.07. The van der Waals surface area contributed by atoms with Crippen LogP contribution in [0.3, 0.4) is 0 Å². The lowest BCUT2D eigenvalue weighted by Gasteiger charge is -2.44. The maximum atomic E-state index is 12.6. The molecule has 3 heterocycles. The molecule has 2 aromatic carbocycles. The van der Waals surface area contributed by atoms with Crippen LogP contribution in [-0.2, 0) is 0 Å². The fourth-order valence-electron chi connectivity index (χ4n) is 3.83. The number of nitriles is 1. The largest absolute Gasteiger partial charge is 0.348 e. The van der Waals surface area contributed by atoms with Gasteiger partial charge in [0.05, 0.1) is 5.56 Å². The number of piperidine rings is 3. The van der Waals surface area contributed by atoms with Gasteiger partial charge in [-0.1, -0.05) is 23.9 Å². The van der Waals surface area contributed by atoms with E-state index >= 15 is 0 Å². The number of carbonyl (C=O) groups is 1. The monoisotopic (exact) mass is 363 g/mol. The number of carbonyl (C=O) groups excluding carboxylic acids is 1. The lowest BCUT2D eigenvalue weighted by molar-refractivity contribution is 0.0620. The van der Waals surface area contributed by atoms with Crippen LogP contribution in [0.2, 0.25) is 0 Å². The summed E-state index contributed by atoms with van der Waals surface area (Å²) in [5, 5.41) is 12.4. The smallest absolute Gasteiger partial charge is 0.251 e. The first-order valence-electron chi connectivity index (χ1n) is 9.03. The summed E-state index contributed by atoms with van der Waals surface area (Å²) in [6.07, 6.45) is 2.39. The number of rotatable bonds is 4. The molecule has 4 nitrogen and oxygen atoms in total. The van der Waals surface area contributed by atoms with Crippen LogP contribution in [0, 0.1) is 17.2 Å². The molecule has 3 aliphatic heterocycles. The molecule has 3 fully saturated rings. The van der Waals surface area contributed by atoms with E-state index in [1.807, 2.05) is 48.5 Å². The van der Waals surface area contributed by atoms with Gasteiger partial charge < -0.3 is 10.2 Å². The summed E-state index contributed by atoms with van der Waals surface area (Å²) in [6.45, 7) is 3.33. The highest BCUT2D eigenvalue weighted by Gasteiger charge is 2.34. The first-order valence-corrected chi connectivity index (χ1v) is 9.85. The first-order chi connectivity index (χ1) is 12.7. The zero-order valence-corrected chi connectivity index (χ0v) is 15.3. The van der Waals surface area contributed by atoms with Gasteiger partial charge in [0.25, 0.3) is 5.91 Å². The van der Waals surface area contributed by atoms with E-state index in [1.54, 1.807) is 11.8 Å². The average molecular weight is 363 g/mol. The minimum absolute atomic E-state index is 0.0118. The Labute approximate surface area is 158 Å². The van der Waals surface area contributed by atoms with Crippen molar-refractivity contribution < 1.29 is 4.79 Å². The SMILES string of the molecule is N#Cc1ccccc1Sc1ccc(C(=O)N[C@H]2CN3CCC2CC3)cc1. The zero-order valence-electron chi connectivity index (χ0n) is 14.5. The van der Waals surface area contributed by atoms with Gasteiger partial charge in [0, 0.05) is 27.9 Å². The summed E-state index contributed by atoms with van der Waals surface area (Å²) in [4.78, 5) is 17.0. The Morgan fingerprint density at radius 3 is 2.50 bits per heavy atom. The highest BCUT2D eigenvalue weighted by atomic mass is 32.2. The van der Waals surface area contributed by atoms with Crippen LogP contribution in [-0.4, -0.2) is 36.5 Å². The van der Waals surface area contributed by atoms with Gasteiger partial charge in [0.2, 0.25) is 0 Å². The second-order valence-electron chi connectivity index (χ2n) is 6.95. The van der Waals surface area contributed by atoms with Gasteiger partial charge in [-0.15, -0.1) is 0 Å². The quantitative estimate of drug-likeness (QED) is 0.903. The first kappa shape index (κ1) is 17.1. The molecule has 132 valence electrons. The molecule has 1 N–H and O–H groups in total. The van der Waals surface area contributed by atoms with Gasteiger partial charge in [-0.25, -0.2) is 0 Å². The van der Waals surface area contributed by atoms with E-state index < -0.39 is 0 Å². The average Bonchev–Trinajstić information content (AvgIpc) is 2.70. The Hall–Kier alpha value is -2.29. The van der Waals surface area contributed by atoms with Gasteiger partial charge in [-0.3, -0.25) is 4.79 Å². The van der Waals surface area contributed by atoms with E-state index in [0.717, 1.165) is 16.3 Å². The van der Waals surface area contributed by atoms with Crippen LogP contribution in [0.5, 0.6) is 0 Å². The summed E-state index contributed by atoms with van der Waals surface area (Å²) in [5.41, 5.74) is 1.36. The van der Waals surface area contributed by atoms with E-state index in [0.29, 0.717) is 17.0 Å². The van der Waals surface area contributed by atoms with Crippen molar-refractivity contribution in [1.82, 2.24) is 10.2 Å². The van der Waals surface area contributed by atoms with Gasteiger partial charge >= 0.3 is 0 Å². The standard InChI is InChI=1S/C21H21N3OS/c22-13-17-3-1-2-4-20(17)26-18-7-5-16(6-8-18)21(25)23-19-14-24-11-9-15(19)10-12-24/h1-8,15,19H,9-12,14H2,(H,23,25)/t19-/m0/s1. The van der Waals surface area contributed by atoms with Crippen molar-refractivity contribution in [1.29, 1.82) is 5.26 Å². The molecule has 0 aliphatic carbocycles. The van der Waals surface area contributed by atoms with E-state index in [2.05, 4.69) is 16.3 Å². The molecule has 3 aliphatic rings. The highest BCUT2D eigenvalue weighted by Crippen LogP contribution is 2.31. The molecule has 0 aromatic heterocycles. The molecule has 5 heteroatoms. The molecule has 3 saturated heterocycles. The number of nitrogens with zero attached hydrogens (tertiary/aromatic N) is 2. The lowest BCUT2D eigenvalue weighted by atomic mass is 9.84. The molecule has 0 radical (unpaired) electrons. The Bertz CT molecular complexity index is 835. The fourth-order valence-corrected chi connectivity index (χ4v) is 4.73. The molecular weight excluding hydrogens is 342 g/mol. The van der Waals surface area contributed by atoms with Crippen molar-refractivity contribution in [3.63, 3.8) is 0 Å². The molecule has 5 rings (SSSR count). The molecule has 1 atom stereocenters. The summed E-state index contributed by atoms with van der Waals surface area (Å²) in [5.74, 6) is 0.638. The van der Waals surface area contributed by atoms with Crippen molar-refractivity contribution in [2.45, 2.75) is 28.7 Å². The molecule has 1 amide bonds. The summed E-state index contributed by atoms with van der Waals surface area (Å²) in [6, 6.07) is 17.7. The Morgan fingerprint density at radius 1 is 1.12 bits per heavy atom. The van der Waals surface area contributed by atoms with E-state index in [-0.39, 0.29) is 11.9 Å². The van der Waals surface area contributed by atoms with Crippen molar-refractivity contribution >= 4 is 17.7 Å². The molecule has 26 heavy (non-hydrogen) atoms. The molecule has 0 unspecified atom stereocenters. The van der Waals surface area contributed by atoms with Gasteiger partial charge in [-0.2, -0.15) is 5.26 Å². The van der Waals surface area contributed by atoms with Gasteiger partial charge in [0.1, 0.15) is 6.07 Å². The van der Waals surface area contributed by atoms with E-state index in [1.165, 1.54) is 25.9 Å². The maximum Gasteiger partial charge on any atom is 0.251 e. The van der Waals surface area contributed by atoms with Crippen molar-refractivity contribution in [2.75, 3.05) is 19.6 Å². The molecular formula is C21H21N3OS. The Balaban J connectivity index is 1.41. The number of nitrogens with one attached hydrogen (secondary N) is 1. The summed E-state index contributed by atoms with van der Waals surface area (Å²) < 4.78 is 0. The third-order valence-electron chi connectivity index (χ3n) is 5.32. The summed E-state index contributed by atoms with van der Waals surface area (Å²) >= 11 is 1.54. The van der Waals surface area contributed by atoms with Crippen LogP contribution in [0.4, 0.5) is 0 Å². The second kappa shape index (κ2) is 7.53. The van der Waals surface area contributed by atoms with Crippen LogP contribution in [0.15, 0.2) is 58.3 Å². The predicted molar refractivity (Wildman–Crippen MR) is 102 cm³/mol. The number of benzene rings is 2. The van der Waals surface area contributed by atoms with E-state index in [9.17, 15) is 10.1 Å². The number of fused-ring (bicyclic) bond motifs is 3. The minimum atomic E-state index is 0.0118. The number of hydrogen-bond acceptors (Lipinski definition) is 4. The number of hydrogen-bond donors (Lipinski definition) is 1. The van der Waals surface area contributed by atoms with Gasteiger partial charge in [-0.05, 0) is 68.2 Å². The van der Waals surface area contributed by atoms with E-state index in [4.69, 9.17) is 0 Å². The molecule has 0 spiro atoms. The van der Waals surface area contributed by atoms with Crippen LogP contribution < -0.4 is 5.32 Å². The van der Waals surface area contributed by atoms with Crippen LogP contribution in [0.25, 0.3) is 0 Å². The minimum Gasteiger partial charge on any atom is -0.348 e. The maximum absolute atomic E-state index is 12.6. The van der Waals surface area contributed by atoms with Crippen LogP contribution >= 0.6 is 11.8 Å². The Kier molecular flexibility index (Phi) is 4.96. The lowest BCUT2D eigenvalue weighted by Crippen LogP contribution is -2.57. The van der Waals surface area contributed by atoms with Crippen LogP contribution in [0.1, 0.15) is 28.8 Å². The number of amides is 1. The normalized spacial score (nSPS) is 24.0. The van der Waals surface area contributed by atoms with Crippen molar-refractivity contribution in [2.24, 2.45) is 5.92 Å². The predicted octanol–water partition coefficient (Wildman–Crippen LogP) is 3.53. The molecule has 0 saturated carbocycles. The fraction of sp³-hybridized carbons (Fsp3) is 0.333. The summed E-state index contributed by atoms with van der Waals surface area (Å²) in [7, 11) is 0. The van der Waals surface area contributed by atoms with Gasteiger partial charge in [0.15, 0.2) is 0 Å².